The van der Waals surface area contributed by atoms with Gasteiger partial charge in [0.25, 0.3) is 11.8 Å². The Kier molecular flexibility index (Phi) is 8.69. The van der Waals surface area contributed by atoms with E-state index in [1.54, 1.807) is 18.3 Å². The molecule has 1 saturated heterocycles. The van der Waals surface area contributed by atoms with Crippen LogP contribution >= 0.6 is 0 Å². The molecule has 1 fully saturated rings. The van der Waals surface area contributed by atoms with Gasteiger partial charge in [-0.15, -0.1) is 0 Å². The van der Waals surface area contributed by atoms with Crippen LogP contribution in [0.5, 0.6) is 11.6 Å². The van der Waals surface area contributed by atoms with Crippen molar-refractivity contribution >= 4 is 22.7 Å². The van der Waals surface area contributed by atoms with Crippen LogP contribution < -0.4 is 10.1 Å². The molecule has 0 saturated carbocycles. The zero-order chi connectivity index (χ0) is 33.3. The fraction of sp³-hybridized carbons (Fsp3) is 0.257. The molecule has 1 atom stereocenters. The van der Waals surface area contributed by atoms with Gasteiger partial charge in [-0.25, -0.2) is 4.98 Å². The van der Waals surface area contributed by atoms with Gasteiger partial charge < -0.3 is 19.5 Å². The second-order valence-electron chi connectivity index (χ2n) is 11.5. The minimum absolute atomic E-state index is 0.0180. The number of halogens is 3. The molecule has 0 bridgehead atoms. The lowest BCUT2D eigenvalue weighted by molar-refractivity contribution is -0.137. The summed E-state index contributed by atoms with van der Waals surface area (Å²) >= 11 is 0. The number of rotatable bonds is 7. The zero-order valence-electron chi connectivity index (χ0n) is 26.1. The Morgan fingerprint density at radius 1 is 1.00 bits per heavy atom. The molecule has 2 aromatic carbocycles. The Morgan fingerprint density at radius 3 is 2.51 bits per heavy atom. The maximum atomic E-state index is 13.8. The van der Waals surface area contributed by atoms with Crippen LogP contribution in [0.1, 0.15) is 39.0 Å². The zero-order valence-corrected chi connectivity index (χ0v) is 26.1. The number of fused-ring (bicyclic) bond motifs is 1. The highest BCUT2D eigenvalue weighted by Crippen LogP contribution is 2.38. The number of hydrogen-bond acceptors (Lipinski definition) is 6. The van der Waals surface area contributed by atoms with Gasteiger partial charge in [0, 0.05) is 86.8 Å². The summed E-state index contributed by atoms with van der Waals surface area (Å²) in [6.07, 6.45) is -1.55. The monoisotopic (exact) mass is 642 g/mol. The number of carbonyl (C=O) groups excluding carboxylic acids is 2. The van der Waals surface area contributed by atoms with Gasteiger partial charge in [0.2, 0.25) is 5.88 Å². The van der Waals surface area contributed by atoms with Crippen LogP contribution in [0, 0.1) is 0 Å². The van der Waals surface area contributed by atoms with Gasteiger partial charge in [-0.2, -0.15) is 13.2 Å². The first-order chi connectivity index (χ1) is 22.5. The van der Waals surface area contributed by atoms with Crippen LogP contribution in [0.4, 0.5) is 13.2 Å². The van der Waals surface area contributed by atoms with E-state index in [1.807, 2.05) is 46.8 Å². The summed E-state index contributed by atoms with van der Waals surface area (Å²) < 4.78 is 49.1. The normalized spacial score (nSPS) is 15.5. The van der Waals surface area contributed by atoms with Gasteiger partial charge in [-0.1, -0.05) is 6.07 Å². The number of nitrogens with zero attached hydrogens (tertiary/aromatic N) is 5. The molecule has 0 spiro atoms. The molecule has 3 aromatic heterocycles. The number of piperazine rings is 1. The fourth-order valence-electron chi connectivity index (χ4n) is 5.98. The smallest absolute Gasteiger partial charge is 0.417 e. The lowest BCUT2D eigenvalue weighted by Crippen LogP contribution is -2.53. The molecule has 5 aromatic rings. The maximum Gasteiger partial charge on any atom is 0.417 e. The summed E-state index contributed by atoms with van der Waals surface area (Å²) in [5, 5.41) is 3.22. The topological polar surface area (TPSA) is 92.6 Å². The summed E-state index contributed by atoms with van der Waals surface area (Å²) in [7, 11) is 3.26. The van der Waals surface area contributed by atoms with E-state index in [4.69, 9.17) is 4.74 Å². The third kappa shape index (κ3) is 6.68. The highest BCUT2D eigenvalue weighted by Gasteiger charge is 2.34. The van der Waals surface area contributed by atoms with Crippen LogP contribution in [0.25, 0.3) is 22.0 Å². The number of nitrogens with one attached hydrogen (secondary N) is 1. The third-order valence-corrected chi connectivity index (χ3v) is 8.40. The Labute approximate surface area is 269 Å². The molecule has 9 nitrogen and oxygen atoms in total. The molecule has 47 heavy (non-hydrogen) atoms. The first kappa shape index (κ1) is 31.7. The number of hydrogen-bond donors (Lipinski definition) is 1. The van der Waals surface area contributed by atoms with Crippen molar-refractivity contribution in [2.75, 3.05) is 26.7 Å². The molecule has 4 heterocycles. The van der Waals surface area contributed by atoms with Crippen molar-refractivity contribution in [3.05, 3.63) is 108 Å². The average molecular weight is 643 g/mol. The van der Waals surface area contributed by atoms with Gasteiger partial charge in [-0.05, 0) is 73.2 Å². The number of benzene rings is 2. The van der Waals surface area contributed by atoms with E-state index >= 15 is 0 Å². The molecular weight excluding hydrogens is 609 g/mol. The highest BCUT2D eigenvalue weighted by atomic mass is 19.4. The largest absolute Gasteiger partial charge is 0.439 e. The first-order valence-electron chi connectivity index (χ1n) is 15.1. The molecule has 12 heteroatoms. The third-order valence-electron chi connectivity index (χ3n) is 8.40. The Morgan fingerprint density at radius 2 is 1.83 bits per heavy atom. The number of aryl methyl sites for hydroxylation is 1. The first-order valence-corrected chi connectivity index (χ1v) is 15.1. The van der Waals surface area contributed by atoms with E-state index < -0.39 is 17.6 Å². The lowest BCUT2D eigenvalue weighted by Gasteiger charge is -2.39. The van der Waals surface area contributed by atoms with E-state index in [0.717, 1.165) is 48.4 Å². The Bertz CT molecular complexity index is 1930. The molecule has 242 valence electrons. The van der Waals surface area contributed by atoms with Crippen molar-refractivity contribution < 1.29 is 27.5 Å². The van der Waals surface area contributed by atoms with Crippen molar-refractivity contribution in [2.45, 2.75) is 25.7 Å². The van der Waals surface area contributed by atoms with E-state index in [1.165, 1.54) is 31.4 Å². The van der Waals surface area contributed by atoms with Crippen LogP contribution in [-0.2, 0) is 19.8 Å². The predicted molar refractivity (Wildman–Crippen MR) is 171 cm³/mol. The molecule has 1 aliphatic rings. The molecule has 0 aliphatic carbocycles. The quantitative estimate of drug-likeness (QED) is 0.229. The standard InChI is InChI=1S/C35H33F3N6O3/c1-22-20-43(21-26-6-4-5-13-40-26)14-15-44(22)34(46)31-18-25-16-27(9-11-30(25)42(31)3)47-32-12-8-24(19-41-32)28-17-23(33(45)39-2)7-10-29(28)35(36,37)38/h4-13,16-19,22H,14-15,20-21H2,1-3H3,(H,39,45)/t22-/m1/s1. The maximum absolute atomic E-state index is 13.8. The summed E-state index contributed by atoms with van der Waals surface area (Å²) in [6, 6.07) is 19.3. The second kappa shape index (κ2) is 12.9. The van der Waals surface area contributed by atoms with E-state index in [0.29, 0.717) is 18.0 Å². The van der Waals surface area contributed by atoms with Gasteiger partial charge in [-0.3, -0.25) is 19.5 Å². The van der Waals surface area contributed by atoms with Crippen LogP contribution in [0.2, 0.25) is 0 Å². The minimum Gasteiger partial charge on any atom is -0.439 e. The van der Waals surface area contributed by atoms with E-state index in [2.05, 4.69) is 27.1 Å². The van der Waals surface area contributed by atoms with Gasteiger partial charge in [0.1, 0.15) is 11.4 Å². The summed E-state index contributed by atoms with van der Waals surface area (Å²) in [6.45, 7) is 4.88. The predicted octanol–water partition coefficient (Wildman–Crippen LogP) is 6.15. The SMILES string of the molecule is CNC(=O)c1ccc(C(F)(F)F)c(-c2ccc(Oc3ccc4c(c3)cc(C(=O)N3CCN(Cc5ccccn5)C[C@H]3C)n4C)nc2)c1. The summed E-state index contributed by atoms with van der Waals surface area (Å²) in [5.41, 5.74) is 1.66. The molecular formula is C35H33F3N6O3. The number of alkyl halides is 3. The van der Waals surface area contributed by atoms with Gasteiger partial charge in [0.15, 0.2) is 0 Å². The number of ether oxygens (including phenoxy) is 1. The van der Waals surface area contributed by atoms with Crippen LogP contribution in [-0.4, -0.2) is 68.9 Å². The highest BCUT2D eigenvalue weighted by molar-refractivity contribution is 5.99. The number of carbonyl (C=O) groups is 2. The van der Waals surface area contributed by atoms with Crippen molar-refractivity contribution in [1.82, 2.24) is 29.7 Å². The number of aromatic nitrogens is 3. The Balaban J connectivity index is 1.17. The molecule has 6 rings (SSSR count). The van der Waals surface area contributed by atoms with Gasteiger partial charge >= 0.3 is 6.18 Å². The second-order valence-corrected chi connectivity index (χ2v) is 11.5. The van der Waals surface area contributed by atoms with Crippen molar-refractivity contribution in [3.63, 3.8) is 0 Å². The van der Waals surface area contributed by atoms with Crippen molar-refractivity contribution in [3.8, 4) is 22.8 Å². The average Bonchev–Trinajstić information content (AvgIpc) is 3.39. The van der Waals surface area contributed by atoms with E-state index in [9.17, 15) is 22.8 Å². The van der Waals surface area contributed by atoms with Crippen molar-refractivity contribution in [2.24, 2.45) is 7.05 Å². The van der Waals surface area contributed by atoms with Crippen LogP contribution in [0.3, 0.4) is 0 Å². The minimum atomic E-state index is -4.62. The Hall–Kier alpha value is -5.23. The van der Waals surface area contributed by atoms with Gasteiger partial charge in [0.05, 0.1) is 11.3 Å². The lowest BCUT2D eigenvalue weighted by atomic mass is 9.97. The summed E-state index contributed by atoms with van der Waals surface area (Å²) in [5.74, 6) is 0.0834. The molecule has 0 unspecified atom stereocenters. The van der Waals surface area contributed by atoms with Crippen molar-refractivity contribution in [1.29, 1.82) is 0 Å². The fourth-order valence-corrected chi connectivity index (χ4v) is 5.98. The molecule has 1 aliphatic heterocycles. The summed E-state index contributed by atoms with van der Waals surface area (Å²) in [4.78, 5) is 38.6. The molecule has 2 amide bonds. The number of amides is 2. The van der Waals surface area contributed by atoms with E-state index in [-0.39, 0.29) is 34.5 Å². The van der Waals surface area contributed by atoms with Crippen LogP contribution in [0.15, 0.2) is 85.2 Å². The number of pyridine rings is 2. The molecule has 1 N–H and O–H groups in total. The molecule has 0 radical (unpaired) electrons.